The van der Waals surface area contributed by atoms with Crippen LogP contribution in [0.1, 0.15) is 18.4 Å². The molecule has 1 saturated heterocycles. The van der Waals surface area contributed by atoms with Crippen molar-refractivity contribution >= 4 is 34.1 Å². The van der Waals surface area contributed by atoms with Crippen molar-refractivity contribution in [2.45, 2.75) is 36.3 Å². The zero-order valence-electron chi connectivity index (χ0n) is 15.6. The fourth-order valence-electron chi connectivity index (χ4n) is 2.71. The summed E-state index contributed by atoms with van der Waals surface area (Å²) in [4.78, 5) is 12.0. The molecule has 2 aromatic rings. The molecule has 1 amide bonds. The predicted octanol–water partition coefficient (Wildman–Crippen LogP) is 3.18. The summed E-state index contributed by atoms with van der Waals surface area (Å²) < 4.78 is 34.8. The molecule has 2 heterocycles. The molecule has 1 aromatic heterocycles. The van der Waals surface area contributed by atoms with Gasteiger partial charge in [-0.05, 0) is 37.0 Å². The van der Waals surface area contributed by atoms with Crippen molar-refractivity contribution in [3.05, 3.63) is 29.8 Å². The molecular formula is C18H22F2N4O3S2. The van der Waals surface area contributed by atoms with Crippen molar-refractivity contribution in [3.8, 4) is 5.75 Å². The SMILES string of the molecule is O=C(CSc1nnc(NCC2CCCO2)s1)NCCc1ccc(OC(F)F)cc1. The molecule has 3 rings (SSSR count). The largest absolute Gasteiger partial charge is 0.435 e. The molecule has 1 aliphatic rings. The molecule has 1 aromatic carbocycles. The summed E-state index contributed by atoms with van der Waals surface area (Å²) in [7, 11) is 0. The number of ether oxygens (including phenoxy) is 2. The lowest BCUT2D eigenvalue weighted by Crippen LogP contribution is -2.27. The Hall–Kier alpha value is -1.98. The highest BCUT2D eigenvalue weighted by molar-refractivity contribution is 8.01. The summed E-state index contributed by atoms with van der Waals surface area (Å²) >= 11 is 2.75. The van der Waals surface area contributed by atoms with Gasteiger partial charge in [-0.2, -0.15) is 8.78 Å². The summed E-state index contributed by atoms with van der Waals surface area (Å²) in [5, 5.41) is 14.9. The number of thioether (sulfide) groups is 1. The second-order valence-electron chi connectivity index (χ2n) is 6.30. The normalized spacial score (nSPS) is 16.2. The van der Waals surface area contributed by atoms with Gasteiger partial charge in [0.05, 0.1) is 11.9 Å². The number of anilines is 1. The minimum atomic E-state index is -2.83. The van der Waals surface area contributed by atoms with Gasteiger partial charge in [0, 0.05) is 19.7 Å². The van der Waals surface area contributed by atoms with Gasteiger partial charge in [0.1, 0.15) is 5.75 Å². The number of nitrogens with one attached hydrogen (secondary N) is 2. The van der Waals surface area contributed by atoms with E-state index in [-0.39, 0.29) is 23.5 Å². The maximum absolute atomic E-state index is 12.1. The van der Waals surface area contributed by atoms with Crippen LogP contribution in [0, 0.1) is 0 Å². The quantitative estimate of drug-likeness (QED) is 0.515. The second-order valence-corrected chi connectivity index (χ2v) is 8.50. The topological polar surface area (TPSA) is 85.4 Å². The van der Waals surface area contributed by atoms with E-state index in [1.807, 2.05) is 0 Å². The number of halogens is 2. The molecule has 0 saturated carbocycles. The standard InChI is InChI=1S/C18H22F2N4O3S2/c19-16(20)27-13-5-3-12(4-6-13)7-8-21-15(25)11-28-18-24-23-17(29-18)22-10-14-2-1-9-26-14/h3-6,14,16H,1-2,7-11H2,(H,21,25)(H,22,23). The van der Waals surface area contributed by atoms with Gasteiger partial charge in [-0.3, -0.25) is 4.79 Å². The molecule has 11 heteroatoms. The van der Waals surface area contributed by atoms with Crippen LogP contribution in [0.3, 0.4) is 0 Å². The summed E-state index contributed by atoms with van der Waals surface area (Å²) in [6.45, 7) is -0.843. The molecule has 7 nitrogen and oxygen atoms in total. The Morgan fingerprint density at radius 2 is 2.17 bits per heavy atom. The Kier molecular flexibility index (Phi) is 8.44. The van der Waals surface area contributed by atoms with Gasteiger partial charge in [0.2, 0.25) is 11.0 Å². The molecule has 0 spiro atoms. The van der Waals surface area contributed by atoms with Crippen molar-refractivity contribution in [2.24, 2.45) is 0 Å². The number of nitrogens with zero attached hydrogens (tertiary/aromatic N) is 2. The van der Waals surface area contributed by atoms with Crippen LogP contribution in [0.5, 0.6) is 5.75 Å². The number of hydrogen-bond acceptors (Lipinski definition) is 8. The van der Waals surface area contributed by atoms with E-state index in [1.165, 1.54) is 35.2 Å². The van der Waals surface area contributed by atoms with E-state index in [1.54, 1.807) is 12.1 Å². The first kappa shape index (κ1) is 21.7. The van der Waals surface area contributed by atoms with E-state index in [4.69, 9.17) is 4.74 Å². The predicted molar refractivity (Wildman–Crippen MR) is 108 cm³/mol. The molecule has 0 bridgehead atoms. The highest BCUT2D eigenvalue weighted by atomic mass is 32.2. The Bertz CT molecular complexity index is 771. The van der Waals surface area contributed by atoms with Gasteiger partial charge in [-0.1, -0.05) is 35.2 Å². The van der Waals surface area contributed by atoms with Crippen LogP contribution in [0.25, 0.3) is 0 Å². The van der Waals surface area contributed by atoms with E-state index >= 15 is 0 Å². The van der Waals surface area contributed by atoms with Crippen LogP contribution in [-0.2, 0) is 16.0 Å². The summed E-state index contributed by atoms with van der Waals surface area (Å²) in [5.74, 6) is 0.268. The Balaban J connectivity index is 1.30. The third kappa shape index (κ3) is 7.75. The van der Waals surface area contributed by atoms with Crippen molar-refractivity contribution in [1.82, 2.24) is 15.5 Å². The average molecular weight is 445 g/mol. The molecule has 29 heavy (non-hydrogen) atoms. The van der Waals surface area contributed by atoms with Crippen molar-refractivity contribution in [2.75, 3.05) is 30.8 Å². The van der Waals surface area contributed by atoms with E-state index in [2.05, 4.69) is 25.6 Å². The van der Waals surface area contributed by atoms with Gasteiger partial charge in [0.15, 0.2) is 4.34 Å². The molecule has 1 atom stereocenters. The molecular weight excluding hydrogens is 422 g/mol. The number of rotatable bonds is 11. The van der Waals surface area contributed by atoms with Gasteiger partial charge < -0.3 is 20.1 Å². The molecule has 1 unspecified atom stereocenters. The maximum Gasteiger partial charge on any atom is 0.387 e. The monoisotopic (exact) mass is 444 g/mol. The number of carbonyl (C=O) groups is 1. The molecule has 0 aliphatic carbocycles. The van der Waals surface area contributed by atoms with Crippen LogP contribution >= 0.6 is 23.1 Å². The van der Waals surface area contributed by atoms with E-state index in [0.29, 0.717) is 13.0 Å². The zero-order valence-corrected chi connectivity index (χ0v) is 17.2. The number of amides is 1. The third-order valence-corrected chi connectivity index (χ3v) is 6.14. The van der Waals surface area contributed by atoms with Crippen molar-refractivity contribution in [1.29, 1.82) is 0 Å². The second kappa shape index (κ2) is 11.3. The van der Waals surface area contributed by atoms with Gasteiger partial charge >= 0.3 is 6.61 Å². The minimum Gasteiger partial charge on any atom is -0.435 e. The molecule has 1 fully saturated rings. The lowest BCUT2D eigenvalue weighted by atomic mass is 10.1. The molecule has 2 N–H and O–H groups in total. The first-order valence-corrected chi connectivity index (χ1v) is 11.0. The maximum atomic E-state index is 12.1. The Labute approximate surface area is 175 Å². The molecule has 1 aliphatic heterocycles. The lowest BCUT2D eigenvalue weighted by molar-refractivity contribution is -0.118. The molecule has 0 radical (unpaired) electrons. The van der Waals surface area contributed by atoms with E-state index in [0.717, 1.165) is 41.0 Å². The fourth-order valence-corrected chi connectivity index (χ4v) is 4.30. The summed E-state index contributed by atoms with van der Waals surface area (Å²) in [6, 6.07) is 6.37. The Morgan fingerprint density at radius 1 is 1.34 bits per heavy atom. The number of carbonyl (C=O) groups excluding carboxylic acids is 1. The number of aromatic nitrogens is 2. The number of benzene rings is 1. The van der Waals surface area contributed by atoms with Crippen LogP contribution in [0.2, 0.25) is 0 Å². The lowest BCUT2D eigenvalue weighted by Gasteiger charge is -2.08. The average Bonchev–Trinajstić information content (AvgIpc) is 3.37. The smallest absolute Gasteiger partial charge is 0.387 e. The van der Waals surface area contributed by atoms with Crippen molar-refractivity contribution in [3.63, 3.8) is 0 Å². The minimum absolute atomic E-state index is 0.100. The zero-order chi connectivity index (χ0) is 20.5. The van der Waals surface area contributed by atoms with Crippen LogP contribution < -0.4 is 15.4 Å². The van der Waals surface area contributed by atoms with E-state index < -0.39 is 6.61 Å². The highest BCUT2D eigenvalue weighted by Gasteiger charge is 2.16. The van der Waals surface area contributed by atoms with Crippen LogP contribution in [0.15, 0.2) is 28.6 Å². The van der Waals surface area contributed by atoms with Gasteiger partial charge in [-0.15, -0.1) is 10.2 Å². The number of alkyl halides is 2. The Morgan fingerprint density at radius 3 is 2.90 bits per heavy atom. The third-order valence-electron chi connectivity index (χ3n) is 4.12. The first-order chi connectivity index (χ1) is 14.1. The summed E-state index contributed by atoms with van der Waals surface area (Å²) in [5.41, 5.74) is 0.922. The fraction of sp³-hybridized carbons (Fsp3) is 0.500. The number of hydrogen-bond donors (Lipinski definition) is 2. The molecule has 158 valence electrons. The van der Waals surface area contributed by atoms with Crippen molar-refractivity contribution < 1.29 is 23.0 Å². The van der Waals surface area contributed by atoms with Crippen LogP contribution in [0.4, 0.5) is 13.9 Å². The van der Waals surface area contributed by atoms with E-state index in [9.17, 15) is 13.6 Å². The van der Waals surface area contributed by atoms with Gasteiger partial charge in [-0.25, -0.2) is 0 Å². The highest BCUT2D eigenvalue weighted by Crippen LogP contribution is 2.25. The van der Waals surface area contributed by atoms with Gasteiger partial charge in [0.25, 0.3) is 0 Å². The summed E-state index contributed by atoms with van der Waals surface area (Å²) in [6.07, 6.45) is 2.98. The van der Waals surface area contributed by atoms with Crippen LogP contribution in [-0.4, -0.2) is 54.3 Å². The first-order valence-electron chi connectivity index (χ1n) is 9.21.